The molecule has 1 aromatic carbocycles. The third-order valence-electron chi connectivity index (χ3n) is 11.7. The Morgan fingerprint density at radius 2 is 1.09 bits per heavy atom. The average molecular weight is 1020 g/mol. The summed E-state index contributed by atoms with van der Waals surface area (Å²) in [6, 6.07) is 23.5. The van der Waals surface area contributed by atoms with E-state index >= 15 is 0 Å². The second-order valence-electron chi connectivity index (χ2n) is 17.3. The van der Waals surface area contributed by atoms with Crippen LogP contribution in [0.3, 0.4) is 0 Å². The number of carbonyl (C=O) groups excluding carboxylic acids is 5. The third-order valence-corrected chi connectivity index (χ3v) is 11.7. The van der Waals surface area contributed by atoms with Crippen LogP contribution in [0.4, 0.5) is 11.4 Å². The molecule has 0 aliphatic heterocycles. The van der Waals surface area contributed by atoms with Crippen molar-refractivity contribution < 1.29 is 38.3 Å². The van der Waals surface area contributed by atoms with Crippen LogP contribution in [0.2, 0.25) is 0 Å². The van der Waals surface area contributed by atoms with Gasteiger partial charge in [0.05, 0.1) is 47.0 Å². The first-order chi connectivity index (χ1) is 36.0. The molecule has 0 fully saturated rings. The van der Waals surface area contributed by atoms with E-state index in [9.17, 15) is 34.1 Å². The molecule has 0 saturated heterocycles. The smallest absolute Gasteiger partial charge is 0.325 e. The van der Waals surface area contributed by atoms with Crippen LogP contribution in [-0.4, -0.2) is 126 Å². The number of nitro groups is 1. The molecule has 6 aromatic rings. The largest absolute Gasteiger partial charge is 0.468 e. The number of ether oxygens (including phenoxy) is 1. The highest BCUT2D eigenvalue weighted by Crippen LogP contribution is 2.28. The predicted molar refractivity (Wildman–Crippen MR) is 271 cm³/mol. The number of pyridine rings is 4. The first kappa shape index (κ1) is 55.0. The van der Waals surface area contributed by atoms with Crippen LogP contribution in [0.15, 0.2) is 114 Å². The van der Waals surface area contributed by atoms with Gasteiger partial charge in [0.1, 0.15) is 18.6 Å². The number of fused-ring (bicyclic) bond motifs is 1. The van der Waals surface area contributed by atoms with Crippen molar-refractivity contribution in [3.8, 4) is 0 Å². The van der Waals surface area contributed by atoms with E-state index in [1.165, 1.54) is 13.2 Å². The number of nitro benzene ring substituents is 1. The van der Waals surface area contributed by atoms with E-state index < -0.39 is 53.8 Å². The number of esters is 1. The number of nitrogens with zero attached hydrogens (tertiary/aromatic N) is 9. The number of benzene rings is 1. The van der Waals surface area contributed by atoms with Crippen LogP contribution in [0.25, 0.3) is 11.0 Å². The molecule has 0 aliphatic rings. The Kier molecular flexibility index (Phi) is 22.2. The normalized spacial score (nSPS) is 11.9. The van der Waals surface area contributed by atoms with E-state index in [-0.39, 0.29) is 41.9 Å². The number of carbonyl (C=O) groups is 5. The van der Waals surface area contributed by atoms with Crippen molar-refractivity contribution in [2.24, 2.45) is 0 Å². The van der Waals surface area contributed by atoms with Crippen molar-refractivity contribution in [2.45, 2.75) is 89.6 Å². The van der Waals surface area contributed by atoms with E-state index in [4.69, 9.17) is 9.37 Å². The van der Waals surface area contributed by atoms with E-state index in [0.29, 0.717) is 83.6 Å². The Morgan fingerprint density at radius 3 is 1.57 bits per heavy atom. The highest BCUT2D eigenvalue weighted by atomic mass is 16.6. The van der Waals surface area contributed by atoms with Gasteiger partial charge in [-0.15, -0.1) is 0 Å². The monoisotopic (exact) mass is 1010 g/mol. The summed E-state index contributed by atoms with van der Waals surface area (Å²) in [7, 11) is 1.20. The number of nitrogens with one attached hydrogen (secondary N) is 5. The highest BCUT2D eigenvalue weighted by molar-refractivity contribution is 5.94. The van der Waals surface area contributed by atoms with Gasteiger partial charge in [-0.05, 0) is 117 Å². The van der Waals surface area contributed by atoms with Crippen LogP contribution in [-0.2, 0) is 54.9 Å². The van der Waals surface area contributed by atoms with Crippen molar-refractivity contribution in [1.82, 2.24) is 61.3 Å². The summed E-state index contributed by atoms with van der Waals surface area (Å²) in [5, 5.41) is 32.8. The number of hydrogen-bond donors (Lipinski definition) is 5. The number of unbranched alkanes of at least 4 members (excludes halogenated alkanes) is 2. The number of aromatic nitrogens is 6. The highest BCUT2D eigenvalue weighted by Gasteiger charge is 2.26. The van der Waals surface area contributed by atoms with E-state index in [0.717, 1.165) is 22.8 Å². The summed E-state index contributed by atoms with van der Waals surface area (Å²) in [4.78, 5) is 99.4. The zero-order chi connectivity index (χ0) is 52.3. The first-order valence-corrected chi connectivity index (χ1v) is 24.4. The Hall–Kier alpha value is -8.31. The van der Waals surface area contributed by atoms with Crippen molar-refractivity contribution in [2.75, 3.05) is 45.2 Å². The van der Waals surface area contributed by atoms with Crippen LogP contribution >= 0.6 is 0 Å². The zero-order valence-corrected chi connectivity index (χ0v) is 41.3. The van der Waals surface area contributed by atoms with Crippen LogP contribution in [0.5, 0.6) is 0 Å². The van der Waals surface area contributed by atoms with Crippen molar-refractivity contribution in [3.63, 3.8) is 0 Å². The quantitative estimate of drug-likeness (QED) is 0.0173. The molecule has 23 heteroatoms. The minimum absolute atomic E-state index is 0.0397. The maximum atomic E-state index is 14.0. The van der Waals surface area contributed by atoms with Crippen LogP contribution in [0.1, 0.15) is 74.1 Å². The molecule has 5 aromatic heterocycles. The summed E-state index contributed by atoms with van der Waals surface area (Å²) in [5.41, 5.74) is 3.99. The molecule has 5 N–H and O–H groups in total. The second-order valence-corrected chi connectivity index (χ2v) is 17.3. The number of non-ortho nitro benzene ring substituents is 1. The molecule has 23 nitrogen and oxygen atoms in total. The third kappa shape index (κ3) is 18.7. The molecule has 390 valence electrons. The number of hydrogen-bond acceptors (Lipinski definition) is 18. The molecular formula is C51H62N14O9. The molecule has 0 aliphatic carbocycles. The van der Waals surface area contributed by atoms with E-state index in [1.807, 2.05) is 72.8 Å². The number of anilines is 1. The Bertz CT molecular complexity index is 2620. The van der Waals surface area contributed by atoms with Crippen LogP contribution < -0.4 is 26.6 Å². The molecular weight excluding hydrogens is 953 g/mol. The maximum absolute atomic E-state index is 14.0. The van der Waals surface area contributed by atoms with E-state index in [1.54, 1.807) is 30.9 Å². The molecule has 0 bridgehead atoms. The fraction of sp³-hybridized carbons (Fsp3) is 0.392. The molecule has 0 unspecified atom stereocenters. The first-order valence-electron chi connectivity index (χ1n) is 24.4. The number of rotatable bonds is 32. The Morgan fingerprint density at radius 1 is 0.608 bits per heavy atom. The summed E-state index contributed by atoms with van der Waals surface area (Å²) < 4.78 is 9.44. The fourth-order valence-corrected chi connectivity index (χ4v) is 8.00. The maximum Gasteiger partial charge on any atom is 0.325 e. The molecule has 5 heterocycles. The van der Waals surface area contributed by atoms with Gasteiger partial charge in [-0.3, -0.25) is 63.8 Å². The number of methoxy groups -OCH3 is 1. The molecule has 6 rings (SSSR count). The topological polar surface area (TPSA) is 295 Å². The van der Waals surface area contributed by atoms with Crippen molar-refractivity contribution in [3.05, 3.63) is 143 Å². The van der Waals surface area contributed by atoms with Crippen molar-refractivity contribution >= 4 is 52.0 Å². The molecule has 0 saturated carbocycles. The van der Waals surface area contributed by atoms with Gasteiger partial charge in [0.25, 0.3) is 0 Å². The predicted octanol–water partition coefficient (Wildman–Crippen LogP) is 4.02. The van der Waals surface area contributed by atoms with Gasteiger partial charge >= 0.3 is 11.7 Å². The van der Waals surface area contributed by atoms with Gasteiger partial charge in [-0.2, -0.15) is 0 Å². The van der Waals surface area contributed by atoms with E-state index in [2.05, 4.69) is 66.6 Å². The molecule has 2 atom stereocenters. The summed E-state index contributed by atoms with van der Waals surface area (Å²) in [6.45, 7) is 2.65. The lowest BCUT2D eigenvalue weighted by atomic mass is 10.1. The number of amides is 4. The fourth-order valence-electron chi connectivity index (χ4n) is 8.00. The zero-order valence-electron chi connectivity index (χ0n) is 41.3. The lowest BCUT2D eigenvalue weighted by Gasteiger charge is -2.24. The van der Waals surface area contributed by atoms with Gasteiger partial charge in [0, 0.05) is 70.0 Å². The van der Waals surface area contributed by atoms with Crippen molar-refractivity contribution in [1.29, 1.82) is 0 Å². The molecule has 4 amide bonds. The summed E-state index contributed by atoms with van der Waals surface area (Å²) in [5.74, 6) is -2.85. The van der Waals surface area contributed by atoms with Gasteiger partial charge in [-0.25, -0.2) is 4.63 Å². The lowest BCUT2D eigenvalue weighted by Crippen LogP contribution is -2.52. The minimum Gasteiger partial charge on any atom is -0.468 e. The second kappa shape index (κ2) is 29.9. The Labute approximate surface area is 427 Å². The van der Waals surface area contributed by atoms with Gasteiger partial charge in [0.15, 0.2) is 5.52 Å². The van der Waals surface area contributed by atoms with Crippen LogP contribution in [0, 0.1) is 10.1 Å². The summed E-state index contributed by atoms with van der Waals surface area (Å²) in [6.07, 6.45) is 10.2. The molecule has 0 spiro atoms. The SMILES string of the molecule is COC(=O)CNC(=O)[C@@H](CCCN(Cc1ccccn1)Cc1ccccn1)NC(=O)CNC(=O)[C@@H](CCCN(Cc1ccccn1)Cc1ccccn1)NC(=O)CCCCCNc1ccc([N+](=O)[O-])c2nonc12. The molecule has 74 heavy (non-hydrogen) atoms. The standard InChI is InChI=1S/C51H62N14O9/c1-73-47(68)32-58-51(70)43(20-14-30-64(35-39-17-6-11-26-54-39)36-40-18-7-12-27-55-40)60-46(67)31-57-50(69)42(19-13-29-63(33-37-15-4-9-24-52-37)34-38-16-5-10-25-53-38)59-45(66)21-3-2-8-28-56-41-22-23-44(65(71)72)49-48(41)61-74-62-49/h4-7,9-12,15-18,22-27,42-43,56H,2-3,8,13-14,19-21,28-36H2,1H3,(H,57,69)(H,58,70)(H,59,66)(H,60,67)/t42-,43-/m1/s1. The van der Waals surface area contributed by atoms with Gasteiger partial charge < -0.3 is 31.3 Å². The average Bonchev–Trinajstić information content (AvgIpc) is 3.91. The van der Waals surface area contributed by atoms with Gasteiger partial charge in [-0.1, -0.05) is 30.7 Å². The summed E-state index contributed by atoms with van der Waals surface area (Å²) >= 11 is 0. The van der Waals surface area contributed by atoms with Gasteiger partial charge in [0.2, 0.25) is 29.1 Å². The minimum atomic E-state index is -1.07. The Balaban J connectivity index is 1.06. The molecule has 0 radical (unpaired) electrons. The lowest BCUT2D eigenvalue weighted by molar-refractivity contribution is -0.383.